The molecule has 2 heterocycles. The van der Waals surface area contributed by atoms with Gasteiger partial charge in [-0.3, -0.25) is 9.69 Å². The Bertz CT molecular complexity index is 858. The van der Waals surface area contributed by atoms with Crippen molar-refractivity contribution in [3.63, 3.8) is 0 Å². The van der Waals surface area contributed by atoms with Gasteiger partial charge in [-0.15, -0.1) is 0 Å². The summed E-state index contributed by atoms with van der Waals surface area (Å²) in [7, 11) is 3.65. The quantitative estimate of drug-likeness (QED) is 0.819. The van der Waals surface area contributed by atoms with Gasteiger partial charge in [0.25, 0.3) is 5.56 Å². The number of piperazine rings is 1. The summed E-state index contributed by atoms with van der Waals surface area (Å²) in [6.45, 7) is 5.84. The van der Waals surface area contributed by atoms with Crippen LogP contribution in [0.3, 0.4) is 0 Å². The summed E-state index contributed by atoms with van der Waals surface area (Å²) in [4.78, 5) is 17.7. The van der Waals surface area contributed by atoms with Crippen LogP contribution in [0.5, 0.6) is 5.75 Å². The Hall–Kier alpha value is -2.22. The molecule has 1 aromatic heterocycles. The van der Waals surface area contributed by atoms with Gasteiger partial charge >= 0.3 is 0 Å². The van der Waals surface area contributed by atoms with Crippen LogP contribution >= 0.6 is 0 Å². The molecule has 7 heteroatoms. The fraction of sp³-hybridized carbons (Fsp3) is 0.476. The molecule has 0 unspecified atom stereocenters. The van der Waals surface area contributed by atoms with Gasteiger partial charge in [0.05, 0.1) is 18.2 Å². The van der Waals surface area contributed by atoms with E-state index < -0.39 is 6.04 Å². The lowest BCUT2D eigenvalue weighted by Crippen LogP contribution is -2.47. The van der Waals surface area contributed by atoms with E-state index in [2.05, 4.69) is 16.8 Å². The molecule has 3 rings (SSSR count). The van der Waals surface area contributed by atoms with Gasteiger partial charge in [0.15, 0.2) is 0 Å². The number of methoxy groups -OCH3 is 1. The number of hydrogen-bond acceptors (Lipinski definition) is 5. The minimum atomic E-state index is -0.434. The molecule has 1 N–H and O–H groups in total. The molecule has 0 spiro atoms. The van der Waals surface area contributed by atoms with Crippen LogP contribution < -0.4 is 5.56 Å². The maximum atomic E-state index is 13.5. The highest BCUT2D eigenvalue weighted by molar-refractivity contribution is 5.41. The molecule has 1 aliphatic rings. The molecule has 152 valence electrons. The molecule has 0 bridgehead atoms. The number of rotatable bonds is 6. The van der Waals surface area contributed by atoms with Crippen LogP contribution in [0.4, 0.5) is 4.39 Å². The lowest BCUT2D eigenvalue weighted by Gasteiger charge is -2.38. The Kier molecular flexibility index (Phi) is 6.49. The molecule has 0 aliphatic carbocycles. The number of pyridine rings is 1. The van der Waals surface area contributed by atoms with Crippen molar-refractivity contribution in [3.05, 3.63) is 63.3 Å². The van der Waals surface area contributed by atoms with Crippen LogP contribution in [0.15, 0.2) is 35.1 Å². The molecule has 1 aliphatic heterocycles. The average Bonchev–Trinajstić information content (AvgIpc) is 2.67. The highest BCUT2D eigenvalue weighted by atomic mass is 19.1. The van der Waals surface area contributed by atoms with Gasteiger partial charge in [0.1, 0.15) is 11.6 Å². The van der Waals surface area contributed by atoms with Crippen LogP contribution in [-0.4, -0.2) is 66.4 Å². The third-order valence-corrected chi connectivity index (χ3v) is 5.40. The van der Waals surface area contributed by atoms with Crippen LogP contribution in [0.2, 0.25) is 0 Å². The van der Waals surface area contributed by atoms with Crippen molar-refractivity contribution in [3.8, 4) is 5.75 Å². The van der Waals surface area contributed by atoms with Crippen LogP contribution in [0, 0.1) is 12.7 Å². The summed E-state index contributed by atoms with van der Waals surface area (Å²) in [5.74, 6) is -0.351. The number of halogens is 1. The summed E-state index contributed by atoms with van der Waals surface area (Å²) >= 11 is 0. The zero-order valence-corrected chi connectivity index (χ0v) is 16.7. The largest absolute Gasteiger partial charge is 0.507 e. The second kappa shape index (κ2) is 8.86. The van der Waals surface area contributed by atoms with E-state index in [4.69, 9.17) is 4.74 Å². The van der Waals surface area contributed by atoms with E-state index in [1.807, 2.05) is 0 Å². The first-order valence-corrected chi connectivity index (χ1v) is 9.52. The standard InChI is InChI=1S/C21H28FN3O3/c1-15-14-18(26)19(21(27)25(15)12-13-28-3)20(16-4-6-17(22)7-5-16)24-10-8-23(2)9-11-24/h4-7,14,20,26H,8-13H2,1-3H3/t20-/m1/s1. The van der Waals surface area contributed by atoms with Crippen molar-refractivity contribution >= 4 is 0 Å². The molecule has 6 nitrogen and oxygen atoms in total. The van der Waals surface area contributed by atoms with Crippen molar-refractivity contribution < 1.29 is 14.2 Å². The Morgan fingerprint density at radius 1 is 1.18 bits per heavy atom. The predicted molar refractivity (Wildman–Crippen MR) is 106 cm³/mol. The van der Waals surface area contributed by atoms with Gasteiger partial charge < -0.3 is 19.3 Å². The molecule has 1 aromatic carbocycles. The second-order valence-electron chi connectivity index (χ2n) is 7.33. The molecule has 1 saturated heterocycles. The molecule has 2 aromatic rings. The maximum Gasteiger partial charge on any atom is 0.259 e. The average molecular weight is 389 g/mol. The summed E-state index contributed by atoms with van der Waals surface area (Å²) in [6.07, 6.45) is 0. The van der Waals surface area contributed by atoms with E-state index in [0.29, 0.717) is 24.4 Å². The zero-order chi connectivity index (χ0) is 20.3. The van der Waals surface area contributed by atoms with Crippen LogP contribution in [0.1, 0.15) is 22.9 Å². The summed E-state index contributed by atoms with van der Waals surface area (Å²) in [6, 6.07) is 7.36. The van der Waals surface area contributed by atoms with Crippen molar-refractivity contribution in [1.82, 2.24) is 14.4 Å². The summed E-state index contributed by atoms with van der Waals surface area (Å²) < 4.78 is 20.3. The lowest BCUT2D eigenvalue weighted by atomic mass is 9.96. The number of hydrogen-bond donors (Lipinski definition) is 1. The van der Waals surface area contributed by atoms with E-state index in [1.165, 1.54) is 12.1 Å². The molecular formula is C21H28FN3O3. The third-order valence-electron chi connectivity index (χ3n) is 5.40. The SMILES string of the molecule is COCCn1c(C)cc(O)c([C@@H](c2ccc(F)cc2)N2CCN(C)CC2)c1=O. The van der Waals surface area contributed by atoms with Gasteiger partial charge in [-0.1, -0.05) is 12.1 Å². The molecule has 0 amide bonds. The number of likely N-dealkylation sites (N-methyl/N-ethyl adjacent to an activating group) is 1. The molecule has 28 heavy (non-hydrogen) atoms. The second-order valence-corrected chi connectivity index (χ2v) is 7.33. The first-order chi connectivity index (χ1) is 13.4. The Morgan fingerprint density at radius 3 is 2.43 bits per heavy atom. The van der Waals surface area contributed by atoms with Gasteiger partial charge in [0, 0.05) is 45.5 Å². The lowest BCUT2D eigenvalue weighted by molar-refractivity contribution is 0.125. The smallest absolute Gasteiger partial charge is 0.259 e. The topological polar surface area (TPSA) is 57.9 Å². The third kappa shape index (κ3) is 4.27. The molecular weight excluding hydrogens is 361 g/mol. The number of benzene rings is 1. The Balaban J connectivity index is 2.12. The van der Waals surface area contributed by atoms with E-state index in [-0.39, 0.29) is 17.1 Å². The highest BCUT2D eigenvalue weighted by Crippen LogP contribution is 2.33. The van der Waals surface area contributed by atoms with E-state index in [0.717, 1.165) is 31.7 Å². The Labute approximate surface area is 164 Å². The number of nitrogens with zero attached hydrogens (tertiary/aromatic N) is 3. The van der Waals surface area contributed by atoms with Crippen molar-refractivity contribution in [2.24, 2.45) is 0 Å². The van der Waals surface area contributed by atoms with Gasteiger partial charge in [0.2, 0.25) is 0 Å². The van der Waals surface area contributed by atoms with E-state index >= 15 is 0 Å². The van der Waals surface area contributed by atoms with Crippen LogP contribution in [-0.2, 0) is 11.3 Å². The normalized spacial score (nSPS) is 17.0. The monoisotopic (exact) mass is 389 g/mol. The van der Waals surface area contributed by atoms with Gasteiger partial charge in [-0.2, -0.15) is 0 Å². The summed E-state index contributed by atoms with van der Waals surface area (Å²) in [5.41, 5.74) is 1.57. The highest BCUT2D eigenvalue weighted by Gasteiger charge is 2.30. The number of aromatic nitrogens is 1. The first kappa shape index (κ1) is 20.5. The zero-order valence-electron chi connectivity index (χ0n) is 16.7. The molecule has 0 saturated carbocycles. The number of ether oxygens (including phenoxy) is 1. The molecule has 0 radical (unpaired) electrons. The molecule has 1 fully saturated rings. The Morgan fingerprint density at radius 2 is 1.82 bits per heavy atom. The maximum absolute atomic E-state index is 13.5. The fourth-order valence-electron chi connectivity index (χ4n) is 3.77. The van der Waals surface area contributed by atoms with Crippen molar-refractivity contribution in [2.45, 2.75) is 19.5 Å². The van der Waals surface area contributed by atoms with Gasteiger partial charge in [-0.25, -0.2) is 4.39 Å². The minimum Gasteiger partial charge on any atom is -0.507 e. The minimum absolute atomic E-state index is 0.0237. The van der Waals surface area contributed by atoms with E-state index in [1.54, 1.807) is 36.8 Å². The number of aryl methyl sites for hydroxylation is 1. The summed E-state index contributed by atoms with van der Waals surface area (Å²) in [5, 5.41) is 10.7. The number of aromatic hydroxyl groups is 1. The van der Waals surface area contributed by atoms with Crippen LogP contribution in [0.25, 0.3) is 0 Å². The van der Waals surface area contributed by atoms with Crippen molar-refractivity contribution in [2.75, 3.05) is 46.9 Å². The molecule has 1 atom stereocenters. The fourth-order valence-corrected chi connectivity index (χ4v) is 3.77. The first-order valence-electron chi connectivity index (χ1n) is 9.52. The van der Waals surface area contributed by atoms with Crippen molar-refractivity contribution in [1.29, 1.82) is 0 Å². The van der Waals surface area contributed by atoms with E-state index in [9.17, 15) is 14.3 Å². The van der Waals surface area contributed by atoms with Gasteiger partial charge in [-0.05, 0) is 37.7 Å². The predicted octanol–water partition coefficient (Wildman–Crippen LogP) is 1.98.